The van der Waals surface area contributed by atoms with E-state index in [9.17, 15) is 8.42 Å². The molecule has 2 rings (SSSR count). The second-order valence-corrected chi connectivity index (χ2v) is 10.2. The second-order valence-electron chi connectivity index (χ2n) is 4.57. The van der Waals surface area contributed by atoms with Crippen LogP contribution in [0.2, 0.25) is 0 Å². The van der Waals surface area contributed by atoms with Crippen LogP contribution in [0.4, 0.5) is 0 Å². The lowest BCUT2D eigenvalue weighted by Crippen LogP contribution is -2.40. The minimum atomic E-state index is -3.44. The van der Waals surface area contributed by atoms with Crippen LogP contribution in [0, 0.1) is 5.92 Å². The van der Waals surface area contributed by atoms with Gasteiger partial charge in [-0.2, -0.15) is 4.31 Å². The zero-order chi connectivity index (χ0) is 14.0. The third kappa shape index (κ3) is 3.59. The molecule has 4 nitrogen and oxygen atoms in total. The lowest BCUT2D eigenvalue weighted by atomic mass is 9.97. The van der Waals surface area contributed by atoms with E-state index >= 15 is 0 Å². The molecule has 108 valence electrons. The Kier molecular flexibility index (Phi) is 5.47. The number of rotatable bonds is 4. The molecule has 0 radical (unpaired) electrons. The van der Waals surface area contributed by atoms with E-state index in [2.05, 4.69) is 31.9 Å². The maximum absolute atomic E-state index is 12.6. The number of hydrogen-bond acceptors (Lipinski definition) is 4. The van der Waals surface area contributed by atoms with Crippen molar-refractivity contribution in [1.82, 2.24) is 4.31 Å². The molecule has 0 aromatic carbocycles. The quantitative estimate of drug-likeness (QED) is 0.795. The summed E-state index contributed by atoms with van der Waals surface area (Å²) in [6.07, 6.45) is 2.51. The van der Waals surface area contributed by atoms with Gasteiger partial charge in [-0.15, -0.1) is 11.3 Å². The SMILES string of the molecule is O=S(=O)(c1cc(Br)sc1Br)N1CCCC(CCO)C1. The monoisotopic (exact) mass is 431 g/mol. The van der Waals surface area contributed by atoms with Crippen molar-refractivity contribution in [3.05, 3.63) is 13.6 Å². The van der Waals surface area contributed by atoms with Crippen molar-refractivity contribution < 1.29 is 13.5 Å². The van der Waals surface area contributed by atoms with E-state index in [-0.39, 0.29) is 12.5 Å². The van der Waals surface area contributed by atoms with Gasteiger partial charge in [0.05, 0.1) is 7.57 Å². The molecule has 0 saturated carbocycles. The van der Waals surface area contributed by atoms with Crippen molar-refractivity contribution in [2.45, 2.75) is 24.2 Å². The van der Waals surface area contributed by atoms with Gasteiger partial charge >= 0.3 is 0 Å². The zero-order valence-electron chi connectivity index (χ0n) is 10.2. The predicted molar refractivity (Wildman–Crippen MR) is 82.9 cm³/mol. The third-order valence-corrected chi connectivity index (χ3v) is 7.88. The molecule has 8 heteroatoms. The van der Waals surface area contributed by atoms with Crippen LogP contribution in [0.1, 0.15) is 19.3 Å². The first kappa shape index (κ1) is 15.9. The molecule has 1 atom stereocenters. The van der Waals surface area contributed by atoms with Crippen molar-refractivity contribution in [2.75, 3.05) is 19.7 Å². The number of sulfonamides is 1. The van der Waals surface area contributed by atoms with Gasteiger partial charge in [-0.1, -0.05) is 0 Å². The van der Waals surface area contributed by atoms with Gasteiger partial charge in [-0.25, -0.2) is 8.42 Å². The summed E-state index contributed by atoms with van der Waals surface area (Å²) in [4.78, 5) is 0.328. The van der Waals surface area contributed by atoms with Crippen molar-refractivity contribution in [3.63, 3.8) is 0 Å². The largest absolute Gasteiger partial charge is 0.396 e. The van der Waals surface area contributed by atoms with Gasteiger partial charge in [0, 0.05) is 19.7 Å². The van der Waals surface area contributed by atoms with Gasteiger partial charge in [0.1, 0.15) is 4.90 Å². The fourth-order valence-corrected chi connectivity index (χ4v) is 7.62. The topological polar surface area (TPSA) is 57.6 Å². The lowest BCUT2D eigenvalue weighted by Gasteiger charge is -2.31. The maximum atomic E-state index is 12.6. The van der Waals surface area contributed by atoms with Crippen LogP contribution < -0.4 is 0 Å². The number of aliphatic hydroxyl groups excluding tert-OH is 1. The maximum Gasteiger partial charge on any atom is 0.245 e. The van der Waals surface area contributed by atoms with Crippen molar-refractivity contribution >= 4 is 53.2 Å². The van der Waals surface area contributed by atoms with Crippen LogP contribution >= 0.6 is 43.2 Å². The Morgan fingerprint density at radius 2 is 2.21 bits per heavy atom. The normalized spacial score (nSPS) is 21.7. The number of halogens is 2. The second kappa shape index (κ2) is 6.53. The Bertz CT molecular complexity index is 542. The Morgan fingerprint density at radius 3 is 2.79 bits per heavy atom. The van der Waals surface area contributed by atoms with Crippen LogP contribution in [0.25, 0.3) is 0 Å². The number of aliphatic hydroxyl groups is 1. The molecule has 1 unspecified atom stereocenters. The summed E-state index contributed by atoms with van der Waals surface area (Å²) in [5.74, 6) is 0.259. The average molecular weight is 433 g/mol. The molecule has 1 aromatic heterocycles. The molecule has 19 heavy (non-hydrogen) atoms. The summed E-state index contributed by atoms with van der Waals surface area (Å²) in [5.41, 5.74) is 0. The van der Waals surface area contributed by atoms with E-state index < -0.39 is 10.0 Å². The molecular weight excluding hydrogens is 418 g/mol. The van der Waals surface area contributed by atoms with E-state index in [1.54, 1.807) is 6.07 Å². The Hall–Kier alpha value is 0.530. The third-order valence-electron chi connectivity index (χ3n) is 3.26. The van der Waals surface area contributed by atoms with E-state index in [1.807, 2.05) is 0 Å². The molecule has 1 fully saturated rings. The number of nitrogens with zero attached hydrogens (tertiary/aromatic N) is 1. The van der Waals surface area contributed by atoms with Gasteiger partial charge < -0.3 is 5.11 Å². The summed E-state index contributed by atoms with van der Waals surface area (Å²) in [7, 11) is -3.44. The Labute approximate surface area is 134 Å². The van der Waals surface area contributed by atoms with Crippen molar-refractivity contribution in [3.8, 4) is 0 Å². The minimum Gasteiger partial charge on any atom is -0.396 e. The molecule has 1 aromatic rings. The summed E-state index contributed by atoms with van der Waals surface area (Å²) < 4.78 is 28.1. The van der Waals surface area contributed by atoms with Gasteiger partial charge in [-0.05, 0) is 63.1 Å². The molecule has 0 amide bonds. The summed E-state index contributed by atoms with van der Waals surface area (Å²) in [6, 6.07) is 1.64. The summed E-state index contributed by atoms with van der Waals surface area (Å²) in [6.45, 7) is 1.18. The minimum absolute atomic E-state index is 0.117. The molecule has 1 N–H and O–H groups in total. The highest BCUT2D eigenvalue weighted by atomic mass is 79.9. The zero-order valence-corrected chi connectivity index (χ0v) is 15.0. The average Bonchev–Trinajstić information content (AvgIpc) is 2.70. The van der Waals surface area contributed by atoms with Crippen molar-refractivity contribution in [1.29, 1.82) is 0 Å². The molecular formula is C11H15Br2NO3S2. The smallest absolute Gasteiger partial charge is 0.245 e. The van der Waals surface area contributed by atoms with Gasteiger partial charge in [0.25, 0.3) is 0 Å². The highest BCUT2D eigenvalue weighted by Crippen LogP contribution is 2.37. The summed E-state index contributed by atoms with van der Waals surface area (Å²) in [5, 5.41) is 8.99. The fourth-order valence-electron chi connectivity index (χ4n) is 2.30. The van der Waals surface area contributed by atoms with Crippen molar-refractivity contribution in [2.24, 2.45) is 5.92 Å². The van der Waals surface area contributed by atoms with Gasteiger partial charge in [0.2, 0.25) is 10.0 Å². The van der Waals surface area contributed by atoms with Crippen LogP contribution in [-0.2, 0) is 10.0 Å². The first-order valence-corrected chi connectivity index (χ1v) is 9.85. The number of piperidine rings is 1. The molecule has 0 spiro atoms. The fraction of sp³-hybridized carbons (Fsp3) is 0.636. The van der Waals surface area contributed by atoms with E-state index in [1.165, 1.54) is 15.6 Å². The van der Waals surface area contributed by atoms with E-state index in [0.717, 1.165) is 16.6 Å². The molecule has 1 aliphatic heterocycles. The van der Waals surface area contributed by atoms with E-state index in [0.29, 0.717) is 28.2 Å². The molecule has 1 saturated heterocycles. The van der Waals surface area contributed by atoms with Gasteiger partial charge in [-0.3, -0.25) is 0 Å². The molecule has 0 bridgehead atoms. The lowest BCUT2D eigenvalue weighted by molar-refractivity contribution is 0.203. The van der Waals surface area contributed by atoms with Crippen LogP contribution in [0.3, 0.4) is 0 Å². The molecule has 1 aliphatic rings. The van der Waals surface area contributed by atoms with Crippen LogP contribution in [-0.4, -0.2) is 37.5 Å². The number of hydrogen-bond donors (Lipinski definition) is 1. The Balaban J connectivity index is 2.22. The van der Waals surface area contributed by atoms with Crippen LogP contribution in [0.15, 0.2) is 18.5 Å². The first-order chi connectivity index (χ1) is 8.95. The summed E-state index contributed by atoms with van der Waals surface area (Å²) >= 11 is 7.98. The number of thiophene rings is 1. The van der Waals surface area contributed by atoms with Gasteiger partial charge in [0.15, 0.2) is 0 Å². The Morgan fingerprint density at radius 1 is 1.47 bits per heavy atom. The molecule has 2 heterocycles. The highest BCUT2D eigenvalue weighted by molar-refractivity contribution is 9.12. The first-order valence-electron chi connectivity index (χ1n) is 6.01. The predicted octanol–water partition coefficient (Wildman–Crippen LogP) is 3.06. The standard InChI is InChI=1S/C11H15Br2NO3S2/c12-10-6-9(11(13)18-10)19(16,17)14-4-1-2-8(7-14)3-5-15/h6,8,15H,1-5,7H2. The highest BCUT2D eigenvalue weighted by Gasteiger charge is 2.32. The van der Waals surface area contributed by atoms with Crippen LogP contribution in [0.5, 0.6) is 0 Å². The van der Waals surface area contributed by atoms with E-state index in [4.69, 9.17) is 5.11 Å². The molecule has 0 aliphatic carbocycles.